The maximum atomic E-state index is 14.0. The van der Waals surface area contributed by atoms with Crippen LogP contribution in [-0.2, 0) is 4.79 Å². The van der Waals surface area contributed by atoms with E-state index in [1.165, 1.54) is 5.56 Å². The molecular formula is C33H40N4O4. The number of carbonyl (C=O) groups excluding carboxylic acids is 1. The van der Waals surface area contributed by atoms with Gasteiger partial charge in [0.25, 0.3) is 0 Å². The van der Waals surface area contributed by atoms with Gasteiger partial charge in [-0.2, -0.15) is 5.26 Å². The van der Waals surface area contributed by atoms with Crippen LogP contribution in [0.2, 0.25) is 0 Å². The van der Waals surface area contributed by atoms with Gasteiger partial charge in [0.05, 0.1) is 18.8 Å². The Balaban J connectivity index is 1.34. The van der Waals surface area contributed by atoms with Crippen LogP contribution in [0.4, 0.5) is 5.82 Å². The van der Waals surface area contributed by atoms with Gasteiger partial charge < -0.3 is 14.3 Å². The maximum absolute atomic E-state index is 14.0. The lowest BCUT2D eigenvalue weighted by atomic mass is 9.78. The van der Waals surface area contributed by atoms with Gasteiger partial charge in [-0.15, -0.1) is 0 Å². The van der Waals surface area contributed by atoms with Gasteiger partial charge in [-0.1, -0.05) is 19.9 Å². The Morgan fingerprint density at radius 3 is 2.54 bits per heavy atom. The molecule has 2 aromatic heterocycles. The molecule has 8 nitrogen and oxygen atoms in total. The minimum Gasteiger partial charge on any atom is -0.495 e. The summed E-state index contributed by atoms with van der Waals surface area (Å²) < 4.78 is 11.0. The molecule has 2 aliphatic carbocycles. The Kier molecular flexibility index (Phi) is 9.04. The summed E-state index contributed by atoms with van der Waals surface area (Å²) in [7, 11) is 1.59. The number of rotatable bonds is 8. The minimum absolute atomic E-state index is 0.0977. The number of benzene rings is 1. The van der Waals surface area contributed by atoms with Crippen LogP contribution in [0.15, 0.2) is 47.2 Å². The van der Waals surface area contributed by atoms with E-state index in [-0.39, 0.29) is 23.8 Å². The minimum atomic E-state index is -0.314. The van der Waals surface area contributed by atoms with Gasteiger partial charge in [0, 0.05) is 30.1 Å². The van der Waals surface area contributed by atoms with Gasteiger partial charge in [-0.05, 0) is 93.0 Å². The van der Waals surface area contributed by atoms with Crippen molar-refractivity contribution in [3.05, 3.63) is 59.8 Å². The van der Waals surface area contributed by atoms with Crippen LogP contribution >= 0.6 is 0 Å². The Hall–Kier alpha value is -3.70. The van der Waals surface area contributed by atoms with Crippen LogP contribution in [0.1, 0.15) is 94.1 Å². The number of anilines is 1. The molecule has 0 bridgehead atoms. The van der Waals surface area contributed by atoms with Crippen LogP contribution in [0.25, 0.3) is 11.3 Å². The molecule has 0 atom stereocenters. The molecule has 5 rings (SSSR count). The van der Waals surface area contributed by atoms with Crippen molar-refractivity contribution >= 4 is 11.7 Å². The third kappa shape index (κ3) is 6.62. The number of ether oxygens (including phenoxy) is 1. The highest BCUT2D eigenvalue weighted by atomic mass is 16.5. The first-order chi connectivity index (χ1) is 19.9. The number of aliphatic hydroxyl groups is 1. The van der Waals surface area contributed by atoms with E-state index in [0.717, 1.165) is 36.9 Å². The third-order valence-corrected chi connectivity index (χ3v) is 8.75. The first kappa shape index (κ1) is 28.8. The first-order valence-corrected chi connectivity index (χ1v) is 14.9. The Bertz CT molecular complexity index is 1380. The van der Waals surface area contributed by atoms with E-state index in [4.69, 9.17) is 9.15 Å². The lowest BCUT2D eigenvalue weighted by Crippen LogP contribution is -2.42. The molecule has 8 heteroatoms. The SMILES string of the molecule is COc1ccc(C2CCC(CN(C(=O)C3CCC(O)CC3)c3cc(-c4coc(C(C)C)n4)ccn3)CC2)cc1C#N. The third-order valence-electron chi connectivity index (χ3n) is 8.75. The fourth-order valence-corrected chi connectivity index (χ4v) is 6.25. The van der Waals surface area contributed by atoms with Crippen molar-refractivity contribution in [3.63, 3.8) is 0 Å². The van der Waals surface area contributed by atoms with Gasteiger partial charge in [-0.25, -0.2) is 9.97 Å². The zero-order valence-electron chi connectivity index (χ0n) is 24.3. The number of nitrogens with zero attached hydrogens (tertiary/aromatic N) is 4. The second kappa shape index (κ2) is 12.9. The number of pyridine rings is 1. The highest BCUT2D eigenvalue weighted by Crippen LogP contribution is 2.39. The molecule has 2 heterocycles. The molecule has 2 fully saturated rings. The van der Waals surface area contributed by atoms with Crippen LogP contribution in [0.3, 0.4) is 0 Å². The van der Waals surface area contributed by atoms with E-state index in [0.29, 0.717) is 67.1 Å². The molecule has 3 aromatic rings. The maximum Gasteiger partial charge on any atom is 0.231 e. The molecule has 1 aromatic carbocycles. The lowest BCUT2D eigenvalue weighted by Gasteiger charge is -2.35. The molecular weight excluding hydrogens is 516 g/mol. The molecule has 0 unspecified atom stereocenters. The fourth-order valence-electron chi connectivity index (χ4n) is 6.25. The summed E-state index contributed by atoms with van der Waals surface area (Å²) in [6.07, 6.45) is 9.80. The molecule has 0 radical (unpaired) electrons. The molecule has 216 valence electrons. The van der Waals surface area contributed by atoms with Crippen LogP contribution in [-0.4, -0.2) is 40.7 Å². The van der Waals surface area contributed by atoms with Crippen molar-refractivity contribution in [1.82, 2.24) is 9.97 Å². The Morgan fingerprint density at radius 1 is 1.12 bits per heavy atom. The van der Waals surface area contributed by atoms with Crippen LogP contribution in [0, 0.1) is 23.2 Å². The molecule has 0 aliphatic heterocycles. The van der Waals surface area contributed by atoms with Crippen LogP contribution in [0.5, 0.6) is 5.75 Å². The number of aromatic nitrogens is 2. The number of aliphatic hydroxyl groups excluding tert-OH is 1. The summed E-state index contributed by atoms with van der Waals surface area (Å²) in [5.74, 6) is 2.84. The summed E-state index contributed by atoms with van der Waals surface area (Å²) in [5, 5.41) is 19.5. The number of methoxy groups -OCH3 is 1. The molecule has 1 N–H and O–H groups in total. The van der Waals surface area contributed by atoms with Gasteiger partial charge in [-0.3, -0.25) is 9.69 Å². The number of amides is 1. The largest absolute Gasteiger partial charge is 0.495 e. The summed E-state index contributed by atoms with van der Waals surface area (Å²) in [6.45, 7) is 4.70. The molecule has 2 aliphatic rings. The predicted molar refractivity (Wildman–Crippen MR) is 157 cm³/mol. The van der Waals surface area contributed by atoms with E-state index in [1.54, 1.807) is 19.6 Å². The molecule has 0 spiro atoms. The number of carbonyl (C=O) groups is 1. The standard InChI is InChI=1S/C33H40N4O4/c1-21(2)32-36-29(20-41-32)26-14-15-35-31(17-26)37(33(39)24-8-11-28(38)12-9-24)19-22-4-6-23(7-5-22)25-10-13-30(40-3)27(16-25)18-34/h10,13-17,20-24,28,38H,4-9,11-12,19H2,1-3H3. The lowest BCUT2D eigenvalue weighted by molar-refractivity contribution is -0.124. The number of hydrogen-bond donors (Lipinski definition) is 1. The zero-order chi connectivity index (χ0) is 28.9. The fraction of sp³-hybridized carbons (Fsp3) is 0.515. The summed E-state index contributed by atoms with van der Waals surface area (Å²) >= 11 is 0. The summed E-state index contributed by atoms with van der Waals surface area (Å²) in [5.41, 5.74) is 3.36. The van der Waals surface area contributed by atoms with Crippen molar-refractivity contribution in [2.75, 3.05) is 18.6 Å². The molecule has 0 saturated heterocycles. The highest BCUT2D eigenvalue weighted by molar-refractivity contribution is 5.94. The van der Waals surface area contributed by atoms with Gasteiger partial charge in [0.1, 0.15) is 29.6 Å². The normalized spacial score (nSPS) is 22.7. The van der Waals surface area contributed by atoms with E-state index in [9.17, 15) is 15.2 Å². The number of hydrogen-bond acceptors (Lipinski definition) is 7. The van der Waals surface area contributed by atoms with E-state index >= 15 is 0 Å². The second-order valence-corrected chi connectivity index (χ2v) is 11.9. The average Bonchev–Trinajstić information content (AvgIpc) is 3.51. The quantitative estimate of drug-likeness (QED) is 0.333. The first-order valence-electron chi connectivity index (χ1n) is 14.9. The van der Waals surface area contributed by atoms with Gasteiger partial charge in [0.2, 0.25) is 5.91 Å². The Labute approximate surface area is 242 Å². The monoisotopic (exact) mass is 556 g/mol. The van der Waals surface area contributed by atoms with Gasteiger partial charge in [0.15, 0.2) is 5.89 Å². The smallest absolute Gasteiger partial charge is 0.231 e. The molecule has 2 saturated carbocycles. The molecule has 41 heavy (non-hydrogen) atoms. The predicted octanol–water partition coefficient (Wildman–Crippen LogP) is 6.60. The molecule has 1 amide bonds. The van der Waals surface area contributed by atoms with Gasteiger partial charge >= 0.3 is 0 Å². The van der Waals surface area contributed by atoms with Crippen LogP contribution < -0.4 is 9.64 Å². The van der Waals surface area contributed by atoms with E-state index in [1.807, 2.05) is 43.0 Å². The number of nitriles is 1. The summed E-state index contributed by atoms with van der Waals surface area (Å²) in [6, 6.07) is 12.0. The second-order valence-electron chi connectivity index (χ2n) is 11.9. The zero-order valence-corrected chi connectivity index (χ0v) is 24.3. The topological polar surface area (TPSA) is 112 Å². The van der Waals surface area contributed by atoms with Crippen molar-refractivity contribution in [3.8, 4) is 23.1 Å². The Morgan fingerprint density at radius 2 is 1.88 bits per heavy atom. The highest BCUT2D eigenvalue weighted by Gasteiger charge is 2.33. The van der Waals surface area contributed by atoms with Crippen molar-refractivity contribution in [1.29, 1.82) is 5.26 Å². The average molecular weight is 557 g/mol. The van der Waals surface area contributed by atoms with Crippen molar-refractivity contribution in [2.24, 2.45) is 11.8 Å². The summed E-state index contributed by atoms with van der Waals surface area (Å²) in [4.78, 5) is 25.2. The van der Waals surface area contributed by atoms with E-state index < -0.39 is 0 Å². The van der Waals surface area contributed by atoms with Crippen molar-refractivity contribution in [2.45, 2.75) is 83.2 Å². The van der Waals surface area contributed by atoms with Crippen molar-refractivity contribution < 1.29 is 19.1 Å². The number of oxazole rings is 1. The van der Waals surface area contributed by atoms with E-state index in [2.05, 4.69) is 22.1 Å².